The maximum Gasteiger partial charge on any atom is 0.159 e. The molecule has 0 spiro atoms. The van der Waals surface area contributed by atoms with Crippen LogP contribution in [0.1, 0.15) is 39.5 Å². The highest BCUT2D eigenvalue weighted by Crippen LogP contribution is 2.44. The van der Waals surface area contributed by atoms with Crippen molar-refractivity contribution in [2.75, 3.05) is 0 Å². The van der Waals surface area contributed by atoms with E-state index in [0.29, 0.717) is 18.1 Å². The number of rotatable bonds is 2. The smallest absolute Gasteiger partial charge is 0.159 e. The topological polar surface area (TPSA) is 17.1 Å². The van der Waals surface area contributed by atoms with Crippen LogP contribution >= 0.6 is 0 Å². The molecule has 2 aliphatic carbocycles. The van der Waals surface area contributed by atoms with Gasteiger partial charge in [0, 0.05) is 6.42 Å². The van der Waals surface area contributed by atoms with Crippen LogP contribution in [0.25, 0.3) is 0 Å². The zero-order valence-corrected chi connectivity index (χ0v) is 9.10. The Morgan fingerprint density at radius 1 is 1.36 bits per heavy atom. The van der Waals surface area contributed by atoms with Gasteiger partial charge in [0.2, 0.25) is 0 Å². The van der Waals surface area contributed by atoms with Gasteiger partial charge in [-0.05, 0) is 50.5 Å². The lowest BCUT2D eigenvalue weighted by molar-refractivity contribution is -0.116. The molecule has 1 fully saturated rings. The van der Waals surface area contributed by atoms with Crippen LogP contribution in [0.15, 0.2) is 23.3 Å². The number of allylic oxidation sites excluding steroid dienone is 3. The SMILES string of the molecule is C=C(C)C1CC(=O)C(C)=C(C2CC2)C1. The molecule has 76 valence electrons. The summed E-state index contributed by atoms with van der Waals surface area (Å²) in [6.45, 7) is 8.03. The maximum atomic E-state index is 11.8. The summed E-state index contributed by atoms with van der Waals surface area (Å²) in [7, 11) is 0. The van der Waals surface area contributed by atoms with Crippen LogP contribution in [0.2, 0.25) is 0 Å². The third kappa shape index (κ3) is 1.68. The molecule has 2 rings (SSSR count). The highest BCUT2D eigenvalue weighted by Gasteiger charge is 2.34. The first-order valence-electron chi connectivity index (χ1n) is 5.48. The van der Waals surface area contributed by atoms with Crippen LogP contribution in [-0.4, -0.2) is 5.78 Å². The van der Waals surface area contributed by atoms with Crippen molar-refractivity contribution < 1.29 is 4.79 Å². The minimum atomic E-state index is 0.353. The fourth-order valence-electron chi connectivity index (χ4n) is 2.30. The second-order valence-electron chi connectivity index (χ2n) is 4.80. The van der Waals surface area contributed by atoms with E-state index in [9.17, 15) is 4.79 Å². The molecule has 0 heterocycles. The largest absolute Gasteiger partial charge is 0.295 e. The summed E-state index contributed by atoms with van der Waals surface area (Å²) in [4.78, 5) is 11.8. The van der Waals surface area contributed by atoms with Gasteiger partial charge >= 0.3 is 0 Å². The normalized spacial score (nSPS) is 28.1. The Labute approximate surface area is 85.9 Å². The van der Waals surface area contributed by atoms with Crippen molar-refractivity contribution in [1.82, 2.24) is 0 Å². The quantitative estimate of drug-likeness (QED) is 0.611. The molecular weight excluding hydrogens is 172 g/mol. The number of hydrogen-bond donors (Lipinski definition) is 0. The van der Waals surface area contributed by atoms with E-state index in [4.69, 9.17) is 0 Å². The van der Waals surface area contributed by atoms with Gasteiger partial charge in [-0.3, -0.25) is 4.79 Å². The third-order valence-electron chi connectivity index (χ3n) is 3.57. The third-order valence-corrected chi connectivity index (χ3v) is 3.57. The average molecular weight is 190 g/mol. The van der Waals surface area contributed by atoms with Crippen LogP contribution in [0.5, 0.6) is 0 Å². The van der Waals surface area contributed by atoms with Gasteiger partial charge in [0.25, 0.3) is 0 Å². The number of hydrogen-bond acceptors (Lipinski definition) is 1. The Kier molecular flexibility index (Phi) is 2.34. The van der Waals surface area contributed by atoms with E-state index in [1.165, 1.54) is 24.0 Å². The first-order chi connectivity index (χ1) is 6.59. The van der Waals surface area contributed by atoms with Gasteiger partial charge < -0.3 is 0 Å². The Bertz CT molecular complexity index is 318. The van der Waals surface area contributed by atoms with E-state index in [-0.39, 0.29) is 0 Å². The number of carbonyl (C=O) groups excluding carboxylic acids is 1. The molecule has 0 amide bonds. The first kappa shape index (κ1) is 9.70. The van der Waals surface area contributed by atoms with E-state index in [0.717, 1.165) is 17.9 Å². The van der Waals surface area contributed by atoms with Crippen LogP contribution in [0.3, 0.4) is 0 Å². The van der Waals surface area contributed by atoms with Crippen molar-refractivity contribution in [2.45, 2.75) is 39.5 Å². The molecule has 0 bridgehead atoms. The molecule has 1 heteroatoms. The number of Topliss-reactive ketones (excluding diaryl/α,β-unsaturated/α-hetero) is 1. The molecule has 0 aromatic rings. The summed E-state index contributed by atoms with van der Waals surface area (Å²) < 4.78 is 0. The highest BCUT2D eigenvalue weighted by molar-refractivity contribution is 5.97. The molecule has 1 nitrogen and oxygen atoms in total. The van der Waals surface area contributed by atoms with Gasteiger partial charge in [-0.25, -0.2) is 0 Å². The van der Waals surface area contributed by atoms with Gasteiger partial charge in [-0.1, -0.05) is 17.7 Å². The summed E-state index contributed by atoms with van der Waals surface area (Å²) in [5.41, 5.74) is 3.67. The standard InChI is InChI=1S/C13H18O/c1-8(2)11-6-12(10-4-5-10)9(3)13(14)7-11/h10-11H,1,4-7H2,2-3H3. The van der Waals surface area contributed by atoms with Crippen molar-refractivity contribution >= 4 is 5.78 Å². The highest BCUT2D eigenvalue weighted by atomic mass is 16.1. The van der Waals surface area contributed by atoms with E-state index < -0.39 is 0 Å². The zero-order chi connectivity index (χ0) is 10.3. The van der Waals surface area contributed by atoms with Crippen molar-refractivity contribution in [3.05, 3.63) is 23.3 Å². The molecule has 0 saturated heterocycles. The minimum absolute atomic E-state index is 0.353. The molecule has 1 saturated carbocycles. The summed E-state index contributed by atoms with van der Waals surface area (Å²) in [5.74, 6) is 1.51. The monoisotopic (exact) mass is 190 g/mol. The van der Waals surface area contributed by atoms with E-state index in [1.54, 1.807) is 0 Å². The van der Waals surface area contributed by atoms with E-state index in [1.807, 2.05) is 13.8 Å². The summed E-state index contributed by atoms with van der Waals surface area (Å²) in [5, 5.41) is 0. The second kappa shape index (κ2) is 3.38. The van der Waals surface area contributed by atoms with E-state index in [2.05, 4.69) is 6.58 Å². The van der Waals surface area contributed by atoms with Gasteiger partial charge in [-0.15, -0.1) is 0 Å². The second-order valence-corrected chi connectivity index (χ2v) is 4.80. The molecule has 14 heavy (non-hydrogen) atoms. The molecule has 0 radical (unpaired) electrons. The fraction of sp³-hybridized carbons (Fsp3) is 0.615. The minimum Gasteiger partial charge on any atom is -0.295 e. The van der Waals surface area contributed by atoms with Gasteiger partial charge in [0.1, 0.15) is 0 Å². The summed E-state index contributed by atoms with van der Waals surface area (Å²) in [6.07, 6.45) is 4.38. The van der Waals surface area contributed by atoms with Crippen LogP contribution < -0.4 is 0 Å². The molecule has 0 aromatic carbocycles. The lowest BCUT2D eigenvalue weighted by Gasteiger charge is -2.25. The number of carbonyl (C=O) groups is 1. The Balaban J connectivity index is 2.23. The van der Waals surface area contributed by atoms with Gasteiger partial charge in [0.15, 0.2) is 5.78 Å². The molecule has 0 aromatic heterocycles. The van der Waals surface area contributed by atoms with Crippen LogP contribution in [0, 0.1) is 11.8 Å². The van der Waals surface area contributed by atoms with E-state index >= 15 is 0 Å². The molecule has 2 aliphatic rings. The predicted molar refractivity (Wildman–Crippen MR) is 58.0 cm³/mol. The Hall–Kier alpha value is -0.850. The van der Waals surface area contributed by atoms with Crippen molar-refractivity contribution in [3.8, 4) is 0 Å². The maximum absolute atomic E-state index is 11.8. The van der Waals surface area contributed by atoms with Crippen LogP contribution in [-0.2, 0) is 4.79 Å². The average Bonchev–Trinajstić information content (AvgIpc) is 2.92. The van der Waals surface area contributed by atoms with Crippen molar-refractivity contribution in [2.24, 2.45) is 11.8 Å². The lowest BCUT2D eigenvalue weighted by atomic mass is 9.79. The lowest BCUT2D eigenvalue weighted by Crippen LogP contribution is -2.19. The van der Waals surface area contributed by atoms with Crippen LogP contribution in [0.4, 0.5) is 0 Å². The zero-order valence-electron chi connectivity index (χ0n) is 9.10. The van der Waals surface area contributed by atoms with Crippen molar-refractivity contribution in [3.63, 3.8) is 0 Å². The Morgan fingerprint density at radius 3 is 2.50 bits per heavy atom. The van der Waals surface area contributed by atoms with Gasteiger partial charge in [0.05, 0.1) is 0 Å². The molecule has 1 atom stereocenters. The fourth-order valence-corrected chi connectivity index (χ4v) is 2.30. The Morgan fingerprint density at radius 2 is 2.00 bits per heavy atom. The first-order valence-corrected chi connectivity index (χ1v) is 5.48. The molecular formula is C13H18O. The molecule has 0 N–H and O–H groups in total. The predicted octanol–water partition coefficient (Wildman–Crippen LogP) is 3.27. The molecule has 1 unspecified atom stereocenters. The van der Waals surface area contributed by atoms with Gasteiger partial charge in [-0.2, -0.15) is 0 Å². The summed E-state index contributed by atoms with van der Waals surface area (Å²) in [6, 6.07) is 0. The van der Waals surface area contributed by atoms with Crippen molar-refractivity contribution in [1.29, 1.82) is 0 Å². The summed E-state index contributed by atoms with van der Waals surface area (Å²) >= 11 is 0. The molecule has 0 aliphatic heterocycles. The number of ketones is 1.